The number of benzene rings is 3. The van der Waals surface area contributed by atoms with Crippen LogP contribution in [0.5, 0.6) is 11.5 Å². The van der Waals surface area contributed by atoms with Crippen molar-refractivity contribution in [3.05, 3.63) is 100 Å². The fraction of sp³-hybridized carbons (Fsp3) is 0. The summed E-state index contributed by atoms with van der Waals surface area (Å²) in [7, 11) is 0. The third-order valence-electron chi connectivity index (χ3n) is 3.45. The van der Waals surface area contributed by atoms with Gasteiger partial charge in [0.1, 0.15) is 17.1 Å². The molecule has 3 aromatic carbocycles. The first kappa shape index (κ1) is 15.4. The van der Waals surface area contributed by atoms with Crippen LogP contribution in [-0.4, -0.2) is 10.7 Å². The Labute approximate surface area is 138 Å². The van der Waals surface area contributed by atoms with E-state index in [-0.39, 0.29) is 16.8 Å². The minimum absolute atomic E-state index is 0.0339. The Hall–Kier alpha value is -3.47. The zero-order chi connectivity index (χ0) is 16.9. The first-order chi connectivity index (χ1) is 11.7. The lowest BCUT2D eigenvalue weighted by Crippen LogP contribution is -2.06. The van der Waals surface area contributed by atoms with Crippen molar-refractivity contribution in [2.24, 2.45) is 0 Å². The second kappa shape index (κ2) is 6.75. The van der Waals surface area contributed by atoms with Crippen LogP contribution in [0.15, 0.2) is 78.9 Å². The van der Waals surface area contributed by atoms with Crippen molar-refractivity contribution in [3.63, 3.8) is 0 Å². The van der Waals surface area contributed by atoms with Crippen molar-refractivity contribution < 1.29 is 14.5 Å². The first-order valence-electron chi connectivity index (χ1n) is 7.27. The molecule has 5 nitrogen and oxygen atoms in total. The van der Waals surface area contributed by atoms with Crippen molar-refractivity contribution in [2.75, 3.05) is 0 Å². The van der Waals surface area contributed by atoms with E-state index in [9.17, 15) is 14.9 Å². The molecular weight excluding hydrogens is 306 g/mol. The molecule has 0 bridgehead atoms. The van der Waals surface area contributed by atoms with Crippen LogP contribution in [0.25, 0.3) is 0 Å². The van der Waals surface area contributed by atoms with Crippen molar-refractivity contribution in [2.45, 2.75) is 0 Å². The van der Waals surface area contributed by atoms with E-state index in [0.29, 0.717) is 11.5 Å². The lowest BCUT2D eigenvalue weighted by Gasteiger charge is -2.10. The highest BCUT2D eigenvalue weighted by molar-refractivity contribution is 6.13. The molecule has 0 aromatic heterocycles. The molecule has 0 aliphatic heterocycles. The summed E-state index contributed by atoms with van der Waals surface area (Å²) in [5, 5.41) is 11.2. The van der Waals surface area contributed by atoms with E-state index in [1.54, 1.807) is 42.5 Å². The number of hydrogen-bond acceptors (Lipinski definition) is 4. The first-order valence-corrected chi connectivity index (χ1v) is 7.27. The zero-order valence-electron chi connectivity index (χ0n) is 12.6. The van der Waals surface area contributed by atoms with Crippen LogP contribution in [0.2, 0.25) is 0 Å². The highest BCUT2D eigenvalue weighted by Crippen LogP contribution is 2.29. The molecule has 0 aliphatic rings. The Bertz CT molecular complexity index is 891. The largest absolute Gasteiger partial charge is 0.457 e. The number of carbonyl (C=O) groups is 1. The van der Waals surface area contributed by atoms with Crippen LogP contribution in [0.3, 0.4) is 0 Å². The molecule has 5 heteroatoms. The van der Waals surface area contributed by atoms with E-state index in [4.69, 9.17) is 4.74 Å². The third kappa shape index (κ3) is 3.15. The van der Waals surface area contributed by atoms with Gasteiger partial charge in [0, 0.05) is 6.07 Å². The maximum atomic E-state index is 12.8. The van der Waals surface area contributed by atoms with Crippen LogP contribution in [-0.2, 0) is 0 Å². The quantitative estimate of drug-likeness (QED) is 0.391. The lowest BCUT2D eigenvalue weighted by molar-refractivity contribution is -0.385. The topological polar surface area (TPSA) is 69.4 Å². The molecule has 0 unspecified atom stereocenters. The Kier molecular flexibility index (Phi) is 4.34. The van der Waals surface area contributed by atoms with E-state index in [0.717, 1.165) is 0 Å². The fourth-order valence-electron chi connectivity index (χ4n) is 2.33. The molecule has 3 rings (SSSR count). The number of carbonyl (C=O) groups excluding carboxylic acids is 1. The van der Waals surface area contributed by atoms with Crippen LogP contribution in [0.1, 0.15) is 15.9 Å². The molecule has 0 radical (unpaired) electrons. The van der Waals surface area contributed by atoms with Crippen molar-refractivity contribution >= 4 is 11.5 Å². The van der Waals surface area contributed by atoms with Gasteiger partial charge in [-0.3, -0.25) is 14.9 Å². The molecular formula is C19H13NO4. The summed E-state index contributed by atoms with van der Waals surface area (Å²) < 4.78 is 5.76. The van der Waals surface area contributed by atoms with Gasteiger partial charge in [0.25, 0.3) is 5.69 Å². The number of nitro benzene ring substituents is 1. The van der Waals surface area contributed by atoms with Crippen LogP contribution in [0, 0.1) is 10.1 Å². The van der Waals surface area contributed by atoms with Crippen LogP contribution >= 0.6 is 0 Å². The van der Waals surface area contributed by atoms with Gasteiger partial charge in [-0.25, -0.2) is 0 Å². The van der Waals surface area contributed by atoms with Crippen LogP contribution < -0.4 is 4.74 Å². The predicted octanol–water partition coefficient (Wildman–Crippen LogP) is 4.62. The Balaban J connectivity index is 2.01. The number of nitrogens with zero attached hydrogens (tertiary/aromatic N) is 1. The van der Waals surface area contributed by atoms with E-state index in [2.05, 4.69) is 0 Å². The standard InChI is InChI=1S/C19H13NO4/c21-19(15-10-4-6-12-17(15)20(22)23)16-11-5-7-13-18(16)24-14-8-2-1-3-9-14/h1-13H. The molecule has 0 heterocycles. The van der Waals surface area contributed by atoms with Crippen molar-refractivity contribution in [1.82, 2.24) is 0 Å². The maximum Gasteiger partial charge on any atom is 0.280 e. The number of ketones is 1. The van der Waals surface area contributed by atoms with Gasteiger partial charge in [-0.05, 0) is 30.3 Å². The van der Waals surface area contributed by atoms with E-state index in [1.807, 2.05) is 18.2 Å². The van der Waals surface area contributed by atoms with Gasteiger partial charge in [-0.15, -0.1) is 0 Å². The Morgan fingerprint density at radius 1 is 0.792 bits per heavy atom. The molecule has 0 atom stereocenters. The molecule has 0 saturated carbocycles. The second-order valence-electron chi connectivity index (χ2n) is 5.01. The maximum absolute atomic E-state index is 12.8. The van der Waals surface area contributed by atoms with E-state index < -0.39 is 10.7 Å². The highest BCUT2D eigenvalue weighted by atomic mass is 16.6. The van der Waals surface area contributed by atoms with Gasteiger partial charge in [-0.1, -0.05) is 42.5 Å². The van der Waals surface area contributed by atoms with Gasteiger partial charge in [0.05, 0.1) is 10.5 Å². The molecule has 0 N–H and O–H groups in total. The van der Waals surface area contributed by atoms with Gasteiger partial charge in [0.15, 0.2) is 0 Å². The number of rotatable bonds is 5. The number of hydrogen-bond donors (Lipinski definition) is 0. The Morgan fingerprint density at radius 2 is 1.38 bits per heavy atom. The second-order valence-corrected chi connectivity index (χ2v) is 5.01. The van der Waals surface area contributed by atoms with Gasteiger partial charge >= 0.3 is 0 Å². The van der Waals surface area contributed by atoms with Crippen LogP contribution in [0.4, 0.5) is 5.69 Å². The summed E-state index contributed by atoms with van der Waals surface area (Å²) in [4.78, 5) is 23.4. The summed E-state index contributed by atoms with van der Waals surface area (Å²) in [5.41, 5.74) is 0.0827. The Morgan fingerprint density at radius 3 is 2.08 bits per heavy atom. The molecule has 24 heavy (non-hydrogen) atoms. The smallest absolute Gasteiger partial charge is 0.280 e. The zero-order valence-corrected chi connectivity index (χ0v) is 12.6. The minimum Gasteiger partial charge on any atom is -0.457 e. The van der Waals surface area contributed by atoms with Crippen molar-refractivity contribution in [3.8, 4) is 11.5 Å². The third-order valence-corrected chi connectivity index (χ3v) is 3.45. The summed E-state index contributed by atoms with van der Waals surface area (Å²) >= 11 is 0. The summed E-state index contributed by atoms with van der Waals surface area (Å²) in [6, 6.07) is 21.6. The predicted molar refractivity (Wildman–Crippen MR) is 89.5 cm³/mol. The van der Waals surface area contributed by atoms with E-state index >= 15 is 0 Å². The molecule has 3 aromatic rings. The summed E-state index contributed by atoms with van der Waals surface area (Å²) in [5.74, 6) is 0.487. The average molecular weight is 319 g/mol. The highest BCUT2D eigenvalue weighted by Gasteiger charge is 2.23. The normalized spacial score (nSPS) is 10.2. The SMILES string of the molecule is O=C(c1ccccc1Oc1ccccc1)c1ccccc1[N+](=O)[O-]. The number of nitro groups is 1. The molecule has 0 amide bonds. The average Bonchev–Trinajstić information content (AvgIpc) is 2.62. The monoisotopic (exact) mass is 319 g/mol. The lowest BCUT2D eigenvalue weighted by atomic mass is 10.0. The van der Waals surface area contributed by atoms with E-state index in [1.165, 1.54) is 18.2 Å². The molecule has 0 fully saturated rings. The number of para-hydroxylation sites is 3. The molecule has 0 spiro atoms. The van der Waals surface area contributed by atoms with Gasteiger partial charge < -0.3 is 4.74 Å². The molecule has 0 aliphatic carbocycles. The van der Waals surface area contributed by atoms with Crippen molar-refractivity contribution in [1.29, 1.82) is 0 Å². The fourth-order valence-corrected chi connectivity index (χ4v) is 2.33. The summed E-state index contributed by atoms with van der Waals surface area (Å²) in [6.45, 7) is 0. The molecule has 118 valence electrons. The number of ether oxygens (including phenoxy) is 1. The minimum atomic E-state index is -0.562. The molecule has 0 saturated heterocycles. The van der Waals surface area contributed by atoms with Gasteiger partial charge in [-0.2, -0.15) is 0 Å². The summed E-state index contributed by atoms with van der Waals surface area (Å²) in [6.07, 6.45) is 0. The van der Waals surface area contributed by atoms with Gasteiger partial charge in [0.2, 0.25) is 5.78 Å².